The van der Waals surface area contributed by atoms with Crippen molar-refractivity contribution in [1.82, 2.24) is 16.1 Å². The Bertz CT molecular complexity index is 1380. The number of halogens is 1. The zero-order valence-electron chi connectivity index (χ0n) is 23.0. The first-order valence-corrected chi connectivity index (χ1v) is 13.2. The minimum Gasteiger partial charge on any atom is -0.493 e. The highest BCUT2D eigenvalue weighted by atomic mass is 79.9. The standard InChI is InChI=1S/C28H31BrN4O8/c1-6-10-40-26-19(29)11-17(12-22(26)38-5)14-30-33-23(34)15-41-20-9-8-18(13-21(20)37-4)25-24(27(35)39-7-2)16(3)31-28(36)32-25/h6,8-9,11-14,25H,1,7,10,15H2,2-5H3,(H,33,34)(H2,31,32,36)/b30-14-/t25-/m1/s1. The molecule has 0 bridgehead atoms. The van der Waals surface area contributed by atoms with E-state index in [9.17, 15) is 14.4 Å². The second kappa shape index (κ2) is 14.7. The van der Waals surface area contributed by atoms with Crippen LogP contribution in [-0.2, 0) is 14.3 Å². The Morgan fingerprint density at radius 1 is 1.12 bits per heavy atom. The molecule has 0 fully saturated rings. The molecule has 218 valence electrons. The van der Waals surface area contributed by atoms with Crippen LogP contribution in [0.4, 0.5) is 4.79 Å². The lowest BCUT2D eigenvalue weighted by Gasteiger charge is -2.28. The smallest absolute Gasteiger partial charge is 0.338 e. The van der Waals surface area contributed by atoms with Gasteiger partial charge in [-0.05, 0) is 65.2 Å². The van der Waals surface area contributed by atoms with Gasteiger partial charge >= 0.3 is 12.0 Å². The lowest BCUT2D eigenvalue weighted by Crippen LogP contribution is -2.45. The van der Waals surface area contributed by atoms with Gasteiger partial charge in [0, 0.05) is 5.70 Å². The molecule has 2 aromatic rings. The number of carbonyl (C=O) groups is 3. The maximum atomic E-state index is 12.6. The molecule has 0 saturated carbocycles. The minimum atomic E-state index is -0.773. The molecule has 1 atom stereocenters. The number of hydrogen-bond donors (Lipinski definition) is 3. The summed E-state index contributed by atoms with van der Waals surface area (Å²) >= 11 is 3.44. The number of rotatable bonds is 13. The largest absolute Gasteiger partial charge is 0.493 e. The lowest BCUT2D eigenvalue weighted by atomic mass is 9.95. The molecule has 3 rings (SSSR count). The Morgan fingerprint density at radius 3 is 2.56 bits per heavy atom. The summed E-state index contributed by atoms with van der Waals surface area (Å²) < 4.78 is 27.8. The van der Waals surface area contributed by atoms with E-state index in [-0.39, 0.29) is 24.5 Å². The summed E-state index contributed by atoms with van der Waals surface area (Å²) in [5.41, 5.74) is 4.26. The van der Waals surface area contributed by atoms with Crippen molar-refractivity contribution in [2.45, 2.75) is 19.9 Å². The van der Waals surface area contributed by atoms with Crippen molar-refractivity contribution in [3.8, 4) is 23.0 Å². The van der Waals surface area contributed by atoms with E-state index >= 15 is 0 Å². The predicted octanol–water partition coefficient (Wildman–Crippen LogP) is 3.75. The molecule has 3 N–H and O–H groups in total. The third-order valence-corrected chi connectivity index (χ3v) is 6.23. The second-order valence-corrected chi connectivity index (χ2v) is 9.27. The van der Waals surface area contributed by atoms with Crippen molar-refractivity contribution in [2.24, 2.45) is 5.10 Å². The highest BCUT2D eigenvalue weighted by molar-refractivity contribution is 9.10. The summed E-state index contributed by atoms with van der Waals surface area (Å²) in [6, 6.07) is 7.08. The number of allylic oxidation sites excluding steroid dienone is 1. The van der Waals surface area contributed by atoms with Gasteiger partial charge in [-0.2, -0.15) is 5.10 Å². The maximum Gasteiger partial charge on any atom is 0.338 e. The number of esters is 1. The summed E-state index contributed by atoms with van der Waals surface area (Å²) in [6.45, 7) is 7.09. The summed E-state index contributed by atoms with van der Waals surface area (Å²) in [5.74, 6) is 0.505. The molecule has 0 unspecified atom stereocenters. The van der Waals surface area contributed by atoms with Crippen molar-refractivity contribution < 1.29 is 38.1 Å². The number of urea groups is 1. The van der Waals surface area contributed by atoms with Crippen LogP contribution >= 0.6 is 15.9 Å². The topological polar surface area (TPSA) is 146 Å². The predicted molar refractivity (Wildman–Crippen MR) is 154 cm³/mol. The molecular weight excluding hydrogens is 600 g/mol. The molecule has 0 aliphatic carbocycles. The van der Waals surface area contributed by atoms with E-state index in [1.54, 1.807) is 50.3 Å². The Kier molecular flexibility index (Phi) is 11.2. The molecule has 1 heterocycles. The van der Waals surface area contributed by atoms with Crippen LogP contribution in [0.15, 0.2) is 63.8 Å². The molecule has 1 aliphatic heterocycles. The molecule has 2 aromatic carbocycles. The van der Waals surface area contributed by atoms with Gasteiger partial charge < -0.3 is 34.3 Å². The fourth-order valence-electron chi connectivity index (χ4n) is 3.86. The number of hydrogen-bond acceptors (Lipinski definition) is 9. The van der Waals surface area contributed by atoms with Crippen molar-refractivity contribution >= 4 is 40.1 Å². The van der Waals surface area contributed by atoms with Crippen LogP contribution in [0, 0.1) is 0 Å². The van der Waals surface area contributed by atoms with Gasteiger partial charge in [-0.3, -0.25) is 4.79 Å². The van der Waals surface area contributed by atoms with Crippen LogP contribution in [0.5, 0.6) is 23.0 Å². The normalized spacial score (nSPS) is 14.6. The summed E-state index contributed by atoms with van der Waals surface area (Å²) in [7, 11) is 2.95. The van der Waals surface area contributed by atoms with E-state index in [1.807, 2.05) is 0 Å². The van der Waals surface area contributed by atoms with Gasteiger partial charge in [0.1, 0.15) is 6.61 Å². The van der Waals surface area contributed by atoms with Gasteiger partial charge in [0.25, 0.3) is 5.91 Å². The fourth-order valence-corrected chi connectivity index (χ4v) is 4.43. The number of hydrazone groups is 1. The van der Waals surface area contributed by atoms with Gasteiger partial charge in [-0.1, -0.05) is 18.7 Å². The van der Waals surface area contributed by atoms with Gasteiger partial charge in [0.05, 0.1) is 43.1 Å². The van der Waals surface area contributed by atoms with Crippen molar-refractivity contribution in [3.05, 3.63) is 69.9 Å². The summed E-state index contributed by atoms with van der Waals surface area (Å²) in [6.07, 6.45) is 3.07. The van der Waals surface area contributed by atoms with Gasteiger partial charge in [0.2, 0.25) is 0 Å². The molecule has 13 heteroatoms. The van der Waals surface area contributed by atoms with E-state index in [2.05, 4.69) is 43.7 Å². The Hall–Kier alpha value is -4.52. The lowest BCUT2D eigenvalue weighted by molar-refractivity contribution is -0.139. The number of methoxy groups -OCH3 is 2. The van der Waals surface area contributed by atoms with Gasteiger partial charge in [-0.15, -0.1) is 0 Å². The molecule has 41 heavy (non-hydrogen) atoms. The van der Waals surface area contributed by atoms with E-state index in [4.69, 9.17) is 23.7 Å². The van der Waals surface area contributed by atoms with Crippen LogP contribution < -0.4 is 35.0 Å². The number of ether oxygens (including phenoxy) is 5. The second-order valence-electron chi connectivity index (χ2n) is 8.42. The average Bonchev–Trinajstić information content (AvgIpc) is 2.94. The first-order chi connectivity index (χ1) is 19.7. The van der Waals surface area contributed by atoms with Crippen LogP contribution in [0.1, 0.15) is 31.0 Å². The number of nitrogens with zero attached hydrogens (tertiary/aromatic N) is 1. The maximum absolute atomic E-state index is 12.6. The van der Waals surface area contributed by atoms with Crippen LogP contribution in [0.3, 0.4) is 0 Å². The Balaban J connectivity index is 1.67. The minimum absolute atomic E-state index is 0.182. The number of nitrogens with one attached hydrogen (secondary N) is 3. The van der Waals surface area contributed by atoms with E-state index in [0.717, 1.165) is 0 Å². The van der Waals surface area contributed by atoms with Gasteiger partial charge in [-0.25, -0.2) is 15.0 Å². The SMILES string of the molecule is C=CCOc1c(Br)cc(/C=N\NC(=O)COc2ccc([C@H]3NC(=O)NC(C)=C3C(=O)OCC)cc2OC)cc1OC. The van der Waals surface area contributed by atoms with Crippen LogP contribution in [-0.4, -0.2) is 58.2 Å². The highest BCUT2D eigenvalue weighted by Gasteiger charge is 2.32. The van der Waals surface area contributed by atoms with Crippen molar-refractivity contribution in [2.75, 3.05) is 34.0 Å². The zero-order chi connectivity index (χ0) is 29.9. The first kappa shape index (κ1) is 31.0. The van der Waals surface area contributed by atoms with Gasteiger partial charge in [0.15, 0.2) is 29.6 Å². The van der Waals surface area contributed by atoms with Crippen molar-refractivity contribution in [3.63, 3.8) is 0 Å². The molecule has 0 radical (unpaired) electrons. The molecular formula is C28H31BrN4O8. The zero-order valence-corrected chi connectivity index (χ0v) is 24.6. The average molecular weight is 631 g/mol. The monoisotopic (exact) mass is 630 g/mol. The quantitative estimate of drug-likeness (QED) is 0.131. The summed E-state index contributed by atoms with van der Waals surface area (Å²) in [4.78, 5) is 37.1. The molecule has 0 saturated heterocycles. The fraction of sp³-hybridized carbons (Fsp3) is 0.286. The van der Waals surface area contributed by atoms with E-state index in [0.29, 0.717) is 45.2 Å². The Labute approximate surface area is 245 Å². The van der Waals surface area contributed by atoms with E-state index in [1.165, 1.54) is 20.4 Å². The molecule has 3 amide bonds. The number of benzene rings is 2. The van der Waals surface area contributed by atoms with Crippen LogP contribution in [0.2, 0.25) is 0 Å². The third-order valence-electron chi connectivity index (χ3n) is 5.64. The number of amides is 3. The van der Waals surface area contributed by atoms with Crippen LogP contribution in [0.25, 0.3) is 0 Å². The van der Waals surface area contributed by atoms with E-state index < -0.39 is 23.9 Å². The number of carbonyl (C=O) groups excluding carboxylic acids is 3. The third kappa shape index (κ3) is 8.01. The molecule has 1 aliphatic rings. The molecule has 12 nitrogen and oxygen atoms in total. The van der Waals surface area contributed by atoms with Crippen molar-refractivity contribution in [1.29, 1.82) is 0 Å². The summed E-state index contributed by atoms with van der Waals surface area (Å²) in [5, 5.41) is 9.28. The molecule has 0 spiro atoms. The molecule has 0 aromatic heterocycles. The Morgan fingerprint density at radius 2 is 1.88 bits per heavy atom. The first-order valence-electron chi connectivity index (χ1n) is 12.4. The highest BCUT2D eigenvalue weighted by Crippen LogP contribution is 2.37.